The fraction of sp³-hybridized carbons (Fsp3) is 0.0870. The van der Waals surface area contributed by atoms with Gasteiger partial charge in [-0.15, -0.1) is 0 Å². The molecule has 4 aromatic rings. The van der Waals surface area contributed by atoms with Crippen LogP contribution in [0.4, 0.5) is 0 Å². The minimum Gasteiger partial charge on any atom is -0.496 e. The van der Waals surface area contributed by atoms with E-state index in [1.807, 2.05) is 60.7 Å². The van der Waals surface area contributed by atoms with Gasteiger partial charge in [-0.05, 0) is 5.56 Å². The number of rotatable bonds is 4. The number of fused-ring (bicyclic) bond motifs is 1. The lowest BCUT2D eigenvalue weighted by Crippen LogP contribution is -2.09. The first-order valence-electron chi connectivity index (χ1n) is 8.56. The van der Waals surface area contributed by atoms with Crippen molar-refractivity contribution in [1.82, 2.24) is 0 Å². The van der Waals surface area contributed by atoms with Gasteiger partial charge in [0.25, 0.3) is 0 Å². The van der Waals surface area contributed by atoms with Gasteiger partial charge >= 0.3 is 0 Å². The molecule has 0 bridgehead atoms. The highest BCUT2D eigenvalue weighted by Gasteiger charge is 2.21. The summed E-state index contributed by atoms with van der Waals surface area (Å²) in [5, 5.41) is 0.400. The Hall–Kier alpha value is -3.53. The van der Waals surface area contributed by atoms with Gasteiger partial charge in [-0.2, -0.15) is 0 Å². The third kappa shape index (κ3) is 2.95. The van der Waals surface area contributed by atoms with E-state index in [1.165, 1.54) is 7.11 Å². The SMILES string of the molecule is COc1cc(OC)c2c(=O)c(-c3ccccc3)c(-c3ccccc3)oc2c1. The Kier molecular flexibility index (Phi) is 4.38. The van der Waals surface area contributed by atoms with Crippen molar-refractivity contribution < 1.29 is 13.9 Å². The summed E-state index contributed by atoms with van der Waals surface area (Å²) in [4.78, 5) is 13.5. The molecule has 0 amide bonds. The lowest BCUT2D eigenvalue weighted by molar-refractivity contribution is 0.396. The molecule has 0 atom stereocenters. The van der Waals surface area contributed by atoms with Crippen LogP contribution in [0.1, 0.15) is 0 Å². The standard InChI is InChI=1S/C23H18O4/c1-25-17-13-18(26-2)21-19(14-17)27-23(16-11-7-4-8-12-16)20(22(21)24)15-9-5-3-6-10-15/h3-14H,1-2H3. The zero-order valence-electron chi connectivity index (χ0n) is 15.1. The molecular weight excluding hydrogens is 340 g/mol. The Morgan fingerprint density at radius 1 is 0.778 bits per heavy atom. The first kappa shape index (κ1) is 16.9. The highest BCUT2D eigenvalue weighted by molar-refractivity contribution is 5.93. The fourth-order valence-corrected chi connectivity index (χ4v) is 3.20. The minimum atomic E-state index is -0.138. The van der Waals surface area contributed by atoms with Crippen LogP contribution in [-0.4, -0.2) is 14.2 Å². The van der Waals surface area contributed by atoms with E-state index in [0.29, 0.717) is 33.8 Å². The van der Waals surface area contributed by atoms with E-state index in [1.54, 1.807) is 19.2 Å². The summed E-state index contributed by atoms with van der Waals surface area (Å²) in [7, 11) is 3.09. The van der Waals surface area contributed by atoms with Crippen LogP contribution >= 0.6 is 0 Å². The van der Waals surface area contributed by atoms with Gasteiger partial charge in [-0.3, -0.25) is 4.79 Å². The predicted octanol–water partition coefficient (Wildman–Crippen LogP) is 5.14. The van der Waals surface area contributed by atoms with Gasteiger partial charge in [0.1, 0.15) is 28.2 Å². The summed E-state index contributed by atoms with van der Waals surface area (Å²) >= 11 is 0. The Labute approximate surface area is 156 Å². The average Bonchev–Trinajstić information content (AvgIpc) is 2.73. The van der Waals surface area contributed by atoms with E-state index in [9.17, 15) is 4.79 Å². The van der Waals surface area contributed by atoms with Crippen LogP contribution in [0, 0.1) is 0 Å². The molecule has 0 fully saturated rings. The summed E-state index contributed by atoms with van der Waals surface area (Å²) < 4.78 is 17.0. The molecule has 4 rings (SSSR count). The first-order valence-corrected chi connectivity index (χ1v) is 8.56. The second kappa shape index (κ2) is 7.00. The van der Waals surface area contributed by atoms with Gasteiger partial charge in [-0.25, -0.2) is 0 Å². The van der Waals surface area contributed by atoms with Gasteiger partial charge < -0.3 is 13.9 Å². The van der Waals surface area contributed by atoms with Crippen LogP contribution in [0.2, 0.25) is 0 Å². The molecule has 3 aromatic carbocycles. The normalized spacial score (nSPS) is 10.7. The molecule has 0 unspecified atom stereocenters. The number of benzene rings is 3. The fourth-order valence-electron chi connectivity index (χ4n) is 3.20. The third-order valence-electron chi connectivity index (χ3n) is 4.49. The van der Waals surface area contributed by atoms with Crippen molar-refractivity contribution in [1.29, 1.82) is 0 Å². The minimum absolute atomic E-state index is 0.138. The molecular formula is C23H18O4. The van der Waals surface area contributed by atoms with Crippen molar-refractivity contribution >= 4 is 11.0 Å². The van der Waals surface area contributed by atoms with Crippen LogP contribution in [0.5, 0.6) is 11.5 Å². The molecule has 1 aromatic heterocycles. The molecule has 0 saturated heterocycles. The van der Waals surface area contributed by atoms with Gasteiger partial charge in [0.15, 0.2) is 0 Å². The molecule has 1 heterocycles. The maximum atomic E-state index is 13.5. The van der Waals surface area contributed by atoms with E-state index in [-0.39, 0.29) is 5.43 Å². The Morgan fingerprint density at radius 2 is 1.41 bits per heavy atom. The maximum Gasteiger partial charge on any atom is 0.204 e. The monoisotopic (exact) mass is 358 g/mol. The van der Waals surface area contributed by atoms with E-state index in [0.717, 1.165) is 11.1 Å². The van der Waals surface area contributed by atoms with Crippen LogP contribution in [-0.2, 0) is 0 Å². The highest BCUT2D eigenvalue weighted by atomic mass is 16.5. The lowest BCUT2D eigenvalue weighted by atomic mass is 9.98. The molecule has 27 heavy (non-hydrogen) atoms. The summed E-state index contributed by atoms with van der Waals surface area (Å²) in [6, 6.07) is 22.5. The van der Waals surface area contributed by atoms with Gasteiger partial charge in [0.05, 0.1) is 19.8 Å². The topological polar surface area (TPSA) is 48.7 Å². The molecule has 0 aliphatic carbocycles. The Balaban J connectivity index is 2.16. The van der Waals surface area contributed by atoms with Gasteiger partial charge in [-0.1, -0.05) is 60.7 Å². The second-order valence-corrected chi connectivity index (χ2v) is 6.07. The summed E-state index contributed by atoms with van der Waals surface area (Å²) in [5.74, 6) is 1.51. The maximum absolute atomic E-state index is 13.5. The first-order chi connectivity index (χ1) is 13.2. The highest BCUT2D eigenvalue weighted by Crippen LogP contribution is 2.36. The van der Waals surface area contributed by atoms with Gasteiger partial charge in [0, 0.05) is 17.7 Å². The van der Waals surface area contributed by atoms with Crippen molar-refractivity contribution in [3.8, 4) is 33.9 Å². The quantitative estimate of drug-likeness (QED) is 0.506. The van der Waals surface area contributed by atoms with E-state index < -0.39 is 0 Å². The second-order valence-electron chi connectivity index (χ2n) is 6.07. The van der Waals surface area contributed by atoms with Gasteiger partial charge in [0.2, 0.25) is 5.43 Å². The third-order valence-corrected chi connectivity index (χ3v) is 4.49. The molecule has 4 heteroatoms. The molecule has 0 aliphatic heterocycles. The Morgan fingerprint density at radius 3 is 2.00 bits per heavy atom. The number of hydrogen-bond donors (Lipinski definition) is 0. The average molecular weight is 358 g/mol. The van der Waals surface area contributed by atoms with Crippen molar-refractivity contribution in [2.45, 2.75) is 0 Å². The molecule has 134 valence electrons. The van der Waals surface area contributed by atoms with Crippen LogP contribution in [0.25, 0.3) is 33.4 Å². The summed E-state index contributed by atoms with van der Waals surface area (Å²) in [5.41, 5.74) is 2.43. The number of methoxy groups -OCH3 is 2. The lowest BCUT2D eigenvalue weighted by Gasteiger charge is -2.13. The largest absolute Gasteiger partial charge is 0.496 e. The Bertz CT molecular complexity index is 1150. The van der Waals surface area contributed by atoms with Crippen molar-refractivity contribution in [2.75, 3.05) is 14.2 Å². The molecule has 0 radical (unpaired) electrons. The molecule has 0 saturated carbocycles. The van der Waals surface area contributed by atoms with Crippen molar-refractivity contribution in [3.63, 3.8) is 0 Å². The van der Waals surface area contributed by atoms with Crippen LogP contribution < -0.4 is 14.9 Å². The number of hydrogen-bond acceptors (Lipinski definition) is 4. The van der Waals surface area contributed by atoms with Crippen molar-refractivity contribution in [3.05, 3.63) is 83.0 Å². The summed E-state index contributed by atoms with van der Waals surface area (Å²) in [6.45, 7) is 0. The molecule has 0 aliphatic rings. The van der Waals surface area contributed by atoms with Crippen LogP contribution in [0.3, 0.4) is 0 Å². The van der Waals surface area contributed by atoms with Crippen LogP contribution in [0.15, 0.2) is 82.0 Å². The van der Waals surface area contributed by atoms with E-state index in [2.05, 4.69) is 0 Å². The molecule has 0 spiro atoms. The number of ether oxygens (including phenoxy) is 2. The zero-order chi connectivity index (χ0) is 18.8. The van der Waals surface area contributed by atoms with E-state index >= 15 is 0 Å². The predicted molar refractivity (Wildman–Crippen MR) is 106 cm³/mol. The summed E-state index contributed by atoms with van der Waals surface area (Å²) in [6.07, 6.45) is 0. The molecule has 4 nitrogen and oxygen atoms in total. The molecule has 0 N–H and O–H groups in total. The zero-order valence-corrected chi connectivity index (χ0v) is 15.1. The smallest absolute Gasteiger partial charge is 0.204 e. The van der Waals surface area contributed by atoms with E-state index in [4.69, 9.17) is 13.9 Å². The van der Waals surface area contributed by atoms with Crippen molar-refractivity contribution in [2.24, 2.45) is 0 Å².